The van der Waals surface area contributed by atoms with Crippen LogP contribution in [0.1, 0.15) is 323 Å². The number of esters is 3. The lowest BCUT2D eigenvalue weighted by molar-refractivity contribution is -0.167. The maximum atomic E-state index is 12.9. The quantitative estimate of drug-likeness (QED) is 0.0261. The van der Waals surface area contributed by atoms with Crippen molar-refractivity contribution in [2.45, 2.75) is 329 Å². The third-order valence-corrected chi connectivity index (χ3v) is 13.7. The normalized spacial score (nSPS) is 12.4. The summed E-state index contributed by atoms with van der Waals surface area (Å²) in [6, 6.07) is 0. The summed E-state index contributed by atoms with van der Waals surface area (Å²) >= 11 is 0. The number of carbonyl (C=O) groups excluding carboxylic acids is 3. The van der Waals surface area contributed by atoms with Crippen LogP contribution in [-0.4, -0.2) is 37.2 Å². The van der Waals surface area contributed by atoms with Crippen molar-refractivity contribution in [1.82, 2.24) is 0 Å². The van der Waals surface area contributed by atoms with Crippen LogP contribution in [0.3, 0.4) is 0 Å². The maximum absolute atomic E-state index is 12.9. The van der Waals surface area contributed by atoms with E-state index in [4.69, 9.17) is 14.2 Å². The fraction of sp³-hybridized carbons (Fsp3) is 0.803. The molecule has 1 atom stereocenters. The Balaban J connectivity index is 4.42. The highest BCUT2D eigenvalue weighted by Crippen LogP contribution is 2.16. The molecule has 0 aromatic carbocycles. The molecule has 0 heterocycles. The van der Waals surface area contributed by atoms with Gasteiger partial charge in [-0.05, 0) is 89.9 Å². The highest BCUT2D eigenvalue weighted by Gasteiger charge is 2.19. The summed E-state index contributed by atoms with van der Waals surface area (Å²) < 4.78 is 16.9. The average Bonchev–Trinajstić information content (AvgIpc) is 3.38. The van der Waals surface area contributed by atoms with Gasteiger partial charge in [0.25, 0.3) is 0 Å². The predicted molar refractivity (Wildman–Crippen MR) is 312 cm³/mol. The van der Waals surface area contributed by atoms with E-state index in [0.717, 1.165) is 83.5 Å². The van der Waals surface area contributed by atoms with Gasteiger partial charge in [0.2, 0.25) is 0 Å². The van der Waals surface area contributed by atoms with Gasteiger partial charge >= 0.3 is 17.9 Å². The molecule has 0 amide bonds. The first-order valence-corrected chi connectivity index (χ1v) is 31.3. The minimum Gasteiger partial charge on any atom is -0.462 e. The van der Waals surface area contributed by atoms with Crippen molar-refractivity contribution >= 4 is 17.9 Å². The van der Waals surface area contributed by atoms with Crippen LogP contribution in [0, 0.1) is 0 Å². The minimum atomic E-state index is -0.789. The van der Waals surface area contributed by atoms with Crippen molar-refractivity contribution in [3.63, 3.8) is 0 Å². The Hall–Kier alpha value is -2.89. The highest BCUT2D eigenvalue weighted by molar-refractivity contribution is 5.71. The lowest BCUT2D eigenvalue weighted by Gasteiger charge is -2.18. The largest absolute Gasteiger partial charge is 0.462 e. The van der Waals surface area contributed by atoms with E-state index in [2.05, 4.69) is 81.5 Å². The van der Waals surface area contributed by atoms with E-state index in [9.17, 15) is 14.4 Å². The fourth-order valence-electron chi connectivity index (χ4n) is 9.01. The molecule has 72 heavy (non-hydrogen) atoms. The van der Waals surface area contributed by atoms with Gasteiger partial charge in [0, 0.05) is 19.3 Å². The molecule has 0 N–H and O–H groups in total. The first-order chi connectivity index (χ1) is 35.5. The number of carbonyl (C=O) groups is 3. The van der Waals surface area contributed by atoms with Crippen molar-refractivity contribution in [2.24, 2.45) is 0 Å². The Morgan fingerprint density at radius 3 is 0.833 bits per heavy atom. The van der Waals surface area contributed by atoms with Crippen LogP contribution in [-0.2, 0) is 28.6 Å². The molecule has 0 unspecified atom stereocenters. The summed E-state index contributed by atoms with van der Waals surface area (Å²) in [7, 11) is 0. The van der Waals surface area contributed by atoms with Crippen molar-refractivity contribution in [3.8, 4) is 0 Å². The van der Waals surface area contributed by atoms with Crippen LogP contribution in [0.2, 0.25) is 0 Å². The second-order valence-corrected chi connectivity index (χ2v) is 21.0. The molecule has 0 radical (unpaired) electrons. The molecule has 6 heteroatoms. The molecule has 0 rings (SSSR count). The molecule has 0 saturated heterocycles. The molecule has 0 bridgehead atoms. The molecular weight excluding hydrogens is 889 g/mol. The first-order valence-electron chi connectivity index (χ1n) is 31.3. The lowest BCUT2D eigenvalue weighted by atomic mass is 10.0. The van der Waals surface area contributed by atoms with Crippen molar-refractivity contribution in [2.75, 3.05) is 13.2 Å². The van der Waals surface area contributed by atoms with Gasteiger partial charge in [-0.1, -0.05) is 274 Å². The molecule has 418 valence electrons. The molecule has 0 aliphatic heterocycles. The first kappa shape index (κ1) is 69.1. The van der Waals surface area contributed by atoms with Crippen molar-refractivity contribution < 1.29 is 28.6 Å². The monoisotopic (exact) mass is 1010 g/mol. The Bertz CT molecular complexity index is 1290. The number of allylic oxidation sites excluding steroid dienone is 10. The second kappa shape index (κ2) is 60.7. The Labute approximate surface area is 447 Å². The van der Waals surface area contributed by atoms with Crippen LogP contribution in [0.5, 0.6) is 0 Å². The number of hydrogen-bond acceptors (Lipinski definition) is 6. The molecule has 0 saturated carbocycles. The van der Waals surface area contributed by atoms with Gasteiger partial charge in [-0.25, -0.2) is 0 Å². The van der Waals surface area contributed by atoms with E-state index < -0.39 is 6.10 Å². The zero-order valence-corrected chi connectivity index (χ0v) is 47.9. The van der Waals surface area contributed by atoms with Crippen LogP contribution < -0.4 is 0 Å². The third kappa shape index (κ3) is 58.0. The molecule has 0 fully saturated rings. The Morgan fingerprint density at radius 1 is 0.278 bits per heavy atom. The minimum absolute atomic E-state index is 0.0832. The summed E-state index contributed by atoms with van der Waals surface area (Å²) in [6.07, 6.45) is 76.4. The SMILES string of the molecule is CCCCC/C=C\C/C=C\C/C=C\C/C=C\CCCCCC(=O)OC[C@@H](COC(=O)CCCCCCCCCCCCCCCCCC)OC(=O)CCCCCCCCC/C=C\CCCCCCCCCC. The Morgan fingerprint density at radius 2 is 0.500 bits per heavy atom. The van der Waals surface area contributed by atoms with E-state index >= 15 is 0 Å². The molecule has 6 nitrogen and oxygen atoms in total. The number of hydrogen-bond donors (Lipinski definition) is 0. The van der Waals surface area contributed by atoms with E-state index in [1.807, 2.05) is 0 Å². The zero-order chi connectivity index (χ0) is 52.2. The van der Waals surface area contributed by atoms with Crippen LogP contribution >= 0.6 is 0 Å². The molecule has 0 aromatic heterocycles. The molecule has 0 aliphatic carbocycles. The third-order valence-electron chi connectivity index (χ3n) is 13.7. The molecule has 0 spiro atoms. The van der Waals surface area contributed by atoms with E-state index in [0.29, 0.717) is 19.3 Å². The summed E-state index contributed by atoms with van der Waals surface area (Å²) in [6.45, 7) is 6.63. The van der Waals surface area contributed by atoms with Crippen LogP contribution in [0.4, 0.5) is 0 Å². The standard InChI is InChI=1S/C66H118O6/c1-4-7-10-13-16-19-22-25-28-31-33-35-38-41-44-47-50-53-56-59-65(68)71-62-63(61-70-64(67)58-55-52-49-46-43-40-37-30-27-24-21-18-15-12-9-6-3)72-66(69)60-57-54-51-48-45-42-39-36-34-32-29-26-23-20-17-14-11-8-5-2/h16,19,25,28,32-35,41,44,63H,4-15,17-18,20-24,26-27,29-31,36-40,42-43,45-62H2,1-3H3/b19-16-,28-25-,34-32-,35-33-,44-41-/t63-/m1/s1. The van der Waals surface area contributed by atoms with Gasteiger partial charge in [0.15, 0.2) is 6.10 Å². The van der Waals surface area contributed by atoms with E-state index in [1.54, 1.807) is 0 Å². The predicted octanol–water partition coefficient (Wildman–Crippen LogP) is 21.2. The van der Waals surface area contributed by atoms with Crippen molar-refractivity contribution in [1.29, 1.82) is 0 Å². The van der Waals surface area contributed by atoms with Crippen molar-refractivity contribution in [3.05, 3.63) is 60.8 Å². The smallest absolute Gasteiger partial charge is 0.306 e. The molecular formula is C66H118O6. The molecule has 0 aliphatic rings. The number of rotatable bonds is 57. The van der Waals surface area contributed by atoms with Gasteiger partial charge in [-0.2, -0.15) is 0 Å². The summed E-state index contributed by atoms with van der Waals surface area (Å²) in [5.41, 5.74) is 0. The fourth-order valence-corrected chi connectivity index (χ4v) is 9.01. The summed E-state index contributed by atoms with van der Waals surface area (Å²) in [5, 5.41) is 0. The summed E-state index contributed by atoms with van der Waals surface area (Å²) in [4.78, 5) is 38.3. The van der Waals surface area contributed by atoms with E-state index in [1.165, 1.54) is 199 Å². The van der Waals surface area contributed by atoms with Gasteiger partial charge in [0.05, 0.1) is 0 Å². The lowest BCUT2D eigenvalue weighted by Crippen LogP contribution is -2.30. The van der Waals surface area contributed by atoms with Crippen LogP contribution in [0.15, 0.2) is 60.8 Å². The van der Waals surface area contributed by atoms with Crippen LogP contribution in [0.25, 0.3) is 0 Å². The van der Waals surface area contributed by atoms with Gasteiger partial charge in [0.1, 0.15) is 13.2 Å². The average molecular weight is 1010 g/mol. The van der Waals surface area contributed by atoms with Gasteiger partial charge in [-0.3, -0.25) is 14.4 Å². The van der Waals surface area contributed by atoms with E-state index in [-0.39, 0.29) is 31.1 Å². The van der Waals surface area contributed by atoms with Gasteiger partial charge < -0.3 is 14.2 Å². The Kier molecular flexibility index (Phi) is 58.2. The molecule has 0 aromatic rings. The maximum Gasteiger partial charge on any atom is 0.306 e. The zero-order valence-electron chi connectivity index (χ0n) is 47.9. The topological polar surface area (TPSA) is 78.9 Å². The number of unbranched alkanes of at least 4 members (excludes halogenated alkanes) is 36. The second-order valence-electron chi connectivity index (χ2n) is 21.0. The number of ether oxygens (including phenoxy) is 3. The van der Waals surface area contributed by atoms with Gasteiger partial charge in [-0.15, -0.1) is 0 Å². The summed E-state index contributed by atoms with van der Waals surface area (Å²) in [5.74, 6) is -0.902. The highest BCUT2D eigenvalue weighted by atomic mass is 16.6.